The van der Waals surface area contributed by atoms with Crippen molar-refractivity contribution in [3.05, 3.63) is 35.6 Å². The van der Waals surface area contributed by atoms with E-state index in [2.05, 4.69) is 0 Å². The molecule has 1 fully saturated rings. The average molecular weight is 229 g/mol. The van der Waals surface area contributed by atoms with E-state index in [4.69, 9.17) is 16.3 Å². The Hall–Kier alpha value is -2.40. The highest BCUT2D eigenvalue weighted by molar-refractivity contribution is 5.85. The fourth-order valence-corrected chi connectivity index (χ4v) is 2.21. The molecule has 0 heterocycles. The van der Waals surface area contributed by atoms with Crippen molar-refractivity contribution in [3.8, 4) is 12.1 Å². The molecule has 4 nitrogen and oxygen atoms in total. The van der Waals surface area contributed by atoms with E-state index in [9.17, 15) is 9.18 Å². The third-order valence-electron chi connectivity index (χ3n) is 3.11. The van der Waals surface area contributed by atoms with Crippen molar-refractivity contribution in [3.63, 3.8) is 0 Å². The molecule has 1 aliphatic rings. The van der Waals surface area contributed by atoms with Gasteiger partial charge in [-0.1, -0.05) is 12.1 Å². The number of hydrogen-bond donors (Lipinski definition) is 1. The second-order valence-electron chi connectivity index (χ2n) is 4.00. The average Bonchev–Trinajstić information content (AvgIpc) is 3.00. The van der Waals surface area contributed by atoms with Crippen LogP contribution in [0.2, 0.25) is 0 Å². The highest BCUT2D eigenvalue weighted by Crippen LogP contribution is 2.63. The topological polar surface area (TPSA) is 90.7 Å². The molecule has 2 atom stereocenters. The van der Waals surface area contributed by atoms with Gasteiger partial charge in [0, 0.05) is 5.92 Å². The largest absolute Gasteiger partial charge is 0.369 e. The van der Waals surface area contributed by atoms with Crippen LogP contribution in [-0.2, 0) is 4.79 Å². The summed E-state index contributed by atoms with van der Waals surface area (Å²) in [5.41, 5.74) is 4.35. The van der Waals surface area contributed by atoms with E-state index in [1.165, 1.54) is 24.3 Å². The SMILES string of the molecule is N#CC1(C#N)[C@@H](C(N)=O)[C@@H]1c1ccc(F)cc1. The summed E-state index contributed by atoms with van der Waals surface area (Å²) in [7, 11) is 0. The zero-order valence-electron chi connectivity index (χ0n) is 8.72. The van der Waals surface area contributed by atoms with Gasteiger partial charge in [0.15, 0.2) is 5.41 Å². The Kier molecular flexibility index (Phi) is 2.33. The molecule has 0 saturated heterocycles. The predicted octanol–water partition coefficient (Wildman–Crippen LogP) is 1.06. The van der Waals surface area contributed by atoms with E-state index in [0.717, 1.165) is 0 Å². The number of rotatable bonds is 2. The van der Waals surface area contributed by atoms with Crippen molar-refractivity contribution in [1.82, 2.24) is 0 Å². The lowest BCUT2D eigenvalue weighted by Crippen LogP contribution is -2.17. The van der Waals surface area contributed by atoms with Crippen molar-refractivity contribution in [2.75, 3.05) is 0 Å². The summed E-state index contributed by atoms with van der Waals surface area (Å²) in [6.45, 7) is 0. The van der Waals surface area contributed by atoms with Crippen LogP contribution in [0, 0.1) is 39.8 Å². The Morgan fingerprint density at radius 2 is 1.82 bits per heavy atom. The van der Waals surface area contributed by atoms with Gasteiger partial charge in [0.2, 0.25) is 5.91 Å². The third-order valence-corrected chi connectivity index (χ3v) is 3.11. The number of nitriles is 2. The first-order valence-corrected chi connectivity index (χ1v) is 4.94. The van der Waals surface area contributed by atoms with Crippen molar-refractivity contribution < 1.29 is 9.18 Å². The number of hydrogen-bond acceptors (Lipinski definition) is 3. The Balaban J connectivity index is 2.41. The van der Waals surface area contributed by atoms with Crippen molar-refractivity contribution in [2.45, 2.75) is 5.92 Å². The fraction of sp³-hybridized carbons (Fsp3) is 0.250. The second kappa shape index (κ2) is 3.57. The van der Waals surface area contributed by atoms with Gasteiger partial charge in [-0.2, -0.15) is 10.5 Å². The van der Waals surface area contributed by atoms with Gasteiger partial charge in [-0.05, 0) is 17.7 Å². The molecule has 0 radical (unpaired) electrons. The molecule has 84 valence electrons. The Morgan fingerprint density at radius 1 is 1.29 bits per heavy atom. The number of nitrogens with zero attached hydrogens (tertiary/aromatic N) is 2. The number of amides is 1. The molecule has 1 aliphatic carbocycles. The molecule has 2 N–H and O–H groups in total. The van der Waals surface area contributed by atoms with Gasteiger partial charge in [0.05, 0.1) is 18.1 Å². The minimum absolute atomic E-state index is 0.412. The second-order valence-corrected chi connectivity index (χ2v) is 4.00. The molecule has 1 aromatic rings. The van der Waals surface area contributed by atoms with Gasteiger partial charge < -0.3 is 5.73 Å². The third kappa shape index (κ3) is 1.44. The fourth-order valence-electron chi connectivity index (χ4n) is 2.21. The van der Waals surface area contributed by atoms with Crippen LogP contribution in [0.25, 0.3) is 0 Å². The molecule has 0 bridgehead atoms. The van der Waals surface area contributed by atoms with Gasteiger partial charge in [0.25, 0.3) is 0 Å². The minimum atomic E-state index is -1.40. The highest BCUT2D eigenvalue weighted by atomic mass is 19.1. The van der Waals surface area contributed by atoms with Crippen molar-refractivity contribution >= 4 is 5.91 Å². The summed E-state index contributed by atoms with van der Waals surface area (Å²) in [5, 5.41) is 18.0. The summed E-state index contributed by atoms with van der Waals surface area (Å²) in [4.78, 5) is 11.2. The predicted molar refractivity (Wildman–Crippen MR) is 55.5 cm³/mol. The first-order valence-electron chi connectivity index (χ1n) is 4.94. The quantitative estimate of drug-likeness (QED) is 0.821. The number of benzene rings is 1. The van der Waals surface area contributed by atoms with Gasteiger partial charge in [0.1, 0.15) is 5.82 Å². The van der Waals surface area contributed by atoms with Crippen LogP contribution < -0.4 is 5.73 Å². The normalized spacial score (nSPS) is 24.4. The minimum Gasteiger partial charge on any atom is -0.369 e. The zero-order valence-corrected chi connectivity index (χ0v) is 8.72. The van der Waals surface area contributed by atoms with Crippen molar-refractivity contribution in [1.29, 1.82) is 10.5 Å². The number of primary amides is 1. The first kappa shape index (κ1) is 11.1. The van der Waals surface area contributed by atoms with Crippen LogP contribution in [0.3, 0.4) is 0 Å². The lowest BCUT2D eigenvalue weighted by Gasteiger charge is -1.98. The van der Waals surface area contributed by atoms with E-state index in [0.29, 0.717) is 5.56 Å². The van der Waals surface area contributed by atoms with Crippen molar-refractivity contribution in [2.24, 2.45) is 17.1 Å². The van der Waals surface area contributed by atoms with Crippen LogP contribution in [0.5, 0.6) is 0 Å². The summed E-state index contributed by atoms with van der Waals surface area (Å²) in [6, 6.07) is 9.07. The van der Waals surface area contributed by atoms with Gasteiger partial charge in [-0.15, -0.1) is 0 Å². The molecule has 2 rings (SSSR count). The maximum Gasteiger partial charge on any atom is 0.223 e. The lowest BCUT2D eigenvalue weighted by molar-refractivity contribution is -0.119. The van der Waals surface area contributed by atoms with Crippen LogP contribution >= 0.6 is 0 Å². The Morgan fingerprint density at radius 3 is 2.18 bits per heavy atom. The monoisotopic (exact) mass is 229 g/mol. The van der Waals surface area contributed by atoms with Crippen LogP contribution in [0.4, 0.5) is 4.39 Å². The van der Waals surface area contributed by atoms with E-state index in [-0.39, 0.29) is 0 Å². The van der Waals surface area contributed by atoms with Gasteiger partial charge in [-0.25, -0.2) is 4.39 Å². The standard InChI is InChI=1S/C12H8FN3O/c13-8-3-1-7(2-4-8)9-10(11(16)17)12(9,5-14)6-15/h1-4,9-10H,(H2,16,17)/t9-,10+/m0/s1. The number of nitrogens with two attached hydrogens (primary N) is 1. The number of halogens is 1. The summed E-state index contributed by atoms with van der Waals surface area (Å²) in [5.74, 6) is -2.47. The molecule has 0 aliphatic heterocycles. The summed E-state index contributed by atoms with van der Waals surface area (Å²) >= 11 is 0. The molecule has 0 aromatic heterocycles. The Labute approximate surface area is 97.1 Å². The maximum absolute atomic E-state index is 12.8. The van der Waals surface area contributed by atoms with E-state index in [1.807, 2.05) is 12.1 Å². The number of carbonyl (C=O) groups is 1. The molecule has 0 unspecified atom stereocenters. The zero-order chi connectivity index (χ0) is 12.6. The van der Waals surface area contributed by atoms with E-state index >= 15 is 0 Å². The smallest absolute Gasteiger partial charge is 0.223 e. The molecule has 1 saturated carbocycles. The Bertz CT molecular complexity index is 539. The van der Waals surface area contributed by atoms with Crippen LogP contribution in [0.1, 0.15) is 11.5 Å². The maximum atomic E-state index is 12.8. The van der Waals surface area contributed by atoms with Gasteiger partial charge in [-0.3, -0.25) is 4.79 Å². The molecule has 17 heavy (non-hydrogen) atoms. The first-order chi connectivity index (χ1) is 8.06. The molecule has 1 amide bonds. The molecule has 1 aromatic carbocycles. The summed E-state index contributed by atoms with van der Waals surface area (Å²) in [6.07, 6.45) is 0. The highest BCUT2D eigenvalue weighted by Gasteiger charge is 2.70. The van der Waals surface area contributed by atoms with E-state index in [1.54, 1.807) is 0 Å². The number of carbonyl (C=O) groups excluding carboxylic acids is 1. The van der Waals surface area contributed by atoms with Gasteiger partial charge >= 0.3 is 0 Å². The molecular weight excluding hydrogens is 221 g/mol. The molecular formula is C12H8FN3O. The lowest BCUT2D eigenvalue weighted by atomic mass is 10.0. The van der Waals surface area contributed by atoms with E-state index < -0.39 is 29.0 Å². The summed E-state index contributed by atoms with van der Waals surface area (Å²) < 4.78 is 12.8. The molecule has 0 spiro atoms. The van der Waals surface area contributed by atoms with Crippen LogP contribution in [0.15, 0.2) is 24.3 Å². The molecule has 5 heteroatoms. The van der Waals surface area contributed by atoms with Crippen LogP contribution in [-0.4, -0.2) is 5.91 Å².